The fourth-order valence-electron chi connectivity index (χ4n) is 6.04. The van der Waals surface area contributed by atoms with E-state index >= 15 is 0 Å². The predicted octanol–water partition coefficient (Wildman–Crippen LogP) is 3.87. The van der Waals surface area contributed by atoms with Gasteiger partial charge in [-0.25, -0.2) is 0 Å². The Kier molecular flexibility index (Phi) is 6.09. The Bertz CT molecular complexity index is 865. The van der Waals surface area contributed by atoms with E-state index in [4.69, 9.17) is 4.74 Å². The van der Waals surface area contributed by atoms with Gasteiger partial charge in [-0.05, 0) is 67.6 Å². The fraction of sp³-hybridized carbons (Fsp3) is 0.708. The number of benzene rings is 1. The van der Waals surface area contributed by atoms with Crippen molar-refractivity contribution in [2.45, 2.75) is 83.0 Å². The molecule has 5 nitrogen and oxygen atoms in total. The molecule has 8 heteroatoms. The summed E-state index contributed by atoms with van der Waals surface area (Å²) < 4.78 is 45.3. The number of hydrogen-bond acceptors (Lipinski definition) is 4. The lowest BCUT2D eigenvalue weighted by atomic mass is 9.61. The quantitative estimate of drug-likeness (QED) is 0.709. The number of ether oxygens (including phenoxy) is 1. The number of aliphatic hydroxyl groups excluding tert-OH is 1. The zero-order valence-electron chi connectivity index (χ0n) is 19.0. The number of hydrogen-bond donors (Lipinski definition) is 2. The van der Waals surface area contributed by atoms with Gasteiger partial charge in [-0.1, -0.05) is 32.0 Å². The average molecular weight is 455 g/mol. The third kappa shape index (κ3) is 3.84. The maximum absolute atomic E-state index is 13.8. The van der Waals surface area contributed by atoms with Gasteiger partial charge >= 0.3 is 6.18 Å². The van der Waals surface area contributed by atoms with Gasteiger partial charge in [0.25, 0.3) is 5.91 Å². The Morgan fingerprint density at radius 2 is 1.97 bits per heavy atom. The average Bonchev–Trinajstić information content (AvgIpc) is 3.13. The SMILES string of the molecule is COC1CCC2(CC1)Cc1ccc(CCC(C)C)cc1C21NC(O)N(CC(F)(F)F)C1=O. The van der Waals surface area contributed by atoms with Crippen LogP contribution in [0.4, 0.5) is 13.2 Å². The molecule has 0 bridgehead atoms. The molecule has 3 aliphatic rings. The van der Waals surface area contributed by atoms with Crippen molar-refractivity contribution in [1.82, 2.24) is 10.2 Å². The highest BCUT2D eigenvalue weighted by molar-refractivity contribution is 5.93. The topological polar surface area (TPSA) is 61.8 Å². The Balaban J connectivity index is 1.78. The monoisotopic (exact) mass is 454 g/mol. The van der Waals surface area contributed by atoms with E-state index in [-0.39, 0.29) is 6.10 Å². The number of amides is 1. The molecule has 1 saturated heterocycles. The summed E-state index contributed by atoms with van der Waals surface area (Å²) in [5.41, 5.74) is 0.858. The van der Waals surface area contributed by atoms with Crippen molar-refractivity contribution >= 4 is 5.91 Å². The van der Waals surface area contributed by atoms with Gasteiger partial charge in [0.2, 0.25) is 0 Å². The predicted molar refractivity (Wildman–Crippen MR) is 114 cm³/mol. The van der Waals surface area contributed by atoms with Crippen LogP contribution in [0.2, 0.25) is 0 Å². The lowest BCUT2D eigenvalue weighted by Gasteiger charge is -2.46. The van der Waals surface area contributed by atoms with Gasteiger partial charge in [-0.15, -0.1) is 0 Å². The van der Waals surface area contributed by atoms with Crippen molar-refractivity contribution in [2.24, 2.45) is 11.3 Å². The van der Waals surface area contributed by atoms with Crippen molar-refractivity contribution in [3.8, 4) is 0 Å². The summed E-state index contributed by atoms with van der Waals surface area (Å²) in [4.78, 5) is 14.3. The van der Waals surface area contributed by atoms with Gasteiger partial charge in [-0.2, -0.15) is 13.2 Å². The van der Waals surface area contributed by atoms with Crippen molar-refractivity contribution in [2.75, 3.05) is 13.7 Å². The fourth-order valence-corrected chi connectivity index (χ4v) is 6.04. The minimum absolute atomic E-state index is 0.0793. The zero-order valence-corrected chi connectivity index (χ0v) is 19.0. The third-order valence-electron chi connectivity index (χ3n) is 7.71. The molecule has 1 aliphatic heterocycles. The van der Waals surface area contributed by atoms with E-state index in [1.54, 1.807) is 7.11 Å². The van der Waals surface area contributed by atoms with Gasteiger partial charge < -0.3 is 9.84 Å². The summed E-state index contributed by atoms with van der Waals surface area (Å²) >= 11 is 0. The first-order chi connectivity index (χ1) is 15.0. The molecule has 1 aromatic carbocycles. The van der Waals surface area contributed by atoms with E-state index in [0.717, 1.165) is 42.4 Å². The highest BCUT2D eigenvalue weighted by atomic mass is 19.4. The highest BCUT2D eigenvalue weighted by Gasteiger charge is 2.68. The van der Waals surface area contributed by atoms with Crippen LogP contribution in [0.15, 0.2) is 18.2 Å². The van der Waals surface area contributed by atoms with Gasteiger partial charge in [-0.3, -0.25) is 15.0 Å². The summed E-state index contributed by atoms with van der Waals surface area (Å²) in [6.45, 7) is 2.82. The Morgan fingerprint density at radius 1 is 1.28 bits per heavy atom. The number of halogens is 3. The van der Waals surface area contributed by atoms with Crippen LogP contribution in [0.5, 0.6) is 0 Å². The molecule has 2 unspecified atom stereocenters. The second-order valence-electron chi connectivity index (χ2n) is 10.1. The number of nitrogens with one attached hydrogen (secondary N) is 1. The molecule has 1 heterocycles. The number of methoxy groups -OCH3 is 1. The van der Waals surface area contributed by atoms with Crippen molar-refractivity contribution in [3.05, 3.63) is 34.9 Å². The lowest BCUT2D eigenvalue weighted by molar-refractivity contribution is -0.173. The second kappa shape index (κ2) is 8.29. The van der Waals surface area contributed by atoms with Crippen LogP contribution in [0.25, 0.3) is 0 Å². The standard InChI is InChI=1S/C24H33F3N2O3/c1-15(2)4-5-16-6-7-17-13-22(10-8-18(32-3)9-11-22)24(19(17)12-16)20(30)29(21(31)28-24)14-23(25,26)27/h6-7,12,15,18,21,28,31H,4-5,8-11,13-14H2,1-3H3. The molecule has 2 aliphatic carbocycles. The molecule has 2 spiro atoms. The maximum Gasteiger partial charge on any atom is 0.406 e. The number of aliphatic hydroxyl groups is 1. The molecular weight excluding hydrogens is 421 g/mol. The first kappa shape index (κ1) is 23.5. The lowest BCUT2D eigenvalue weighted by Crippen LogP contribution is -2.57. The van der Waals surface area contributed by atoms with E-state index < -0.39 is 35.9 Å². The molecule has 1 saturated carbocycles. The number of carbonyl (C=O) groups excluding carboxylic acids is 1. The van der Waals surface area contributed by atoms with Gasteiger partial charge in [0, 0.05) is 12.5 Å². The van der Waals surface area contributed by atoms with E-state index in [9.17, 15) is 23.1 Å². The zero-order chi connectivity index (χ0) is 23.3. The van der Waals surface area contributed by atoms with Crippen LogP contribution in [0, 0.1) is 11.3 Å². The van der Waals surface area contributed by atoms with E-state index in [2.05, 4.69) is 25.2 Å². The third-order valence-corrected chi connectivity index (χ3v) is 7.71. The number of nitrogens with zero attached hydrogens (tertiary/aromatic N) is 1. The molecule has 1 amide bonds. The van der Waals surface area contributed by atoms with Crippen LogP contribution >= 0.6 is 0 Å². The molecule has 1 aromatic rings. The molecule has 2 N–H and O–H groups in total. The first-order valence-electron chi connectivity index (χ1n) is 11.5. The normalized spacial score (nSPS) is 32.5. The number of carbonyl (C=O) groups is 1. The van der Waals surface area contributed by atoms with Crippen molar-refractivity contribution in [3.63, 3.8) is 0 Å². The molecular formula is C24H33F3N2O3. The minimum Gasteiger partial charge on any atom is -0.381 e. The summed E-state index contributed by atoms with van der Waals surface area (Å²) in [5.74, 6) is -0.152. The van der Waals surface area contributed by atoms with Gasteiger partial charge in [0.15, 0.2) is 6.35 Å². The van der Waals surface area contributed by atoms with Crippen molar-refractivity contribution < 1.29 is 27.8 Å². The van der Waals surface area contributed by atoms with E-state index in [1.807, 2.05) is 12.1 Å². The summed E-state index contributed by atoms with van der Waals surface area (Å²) in [7, 11) is 1.66. The van der Waals surface area contributed by atoms with E-state index in [1.165, 1.54) is 0 Å². The Labute approximate surface area is 187 Å². The smallest absolute Gasteiger partial charge is 0.381 e. The van der Waals surface area contributed by atoms with Crippen molar-refractivity contribution in [1.29, 1.82) is 0 Å². The van der Waals surface area contributed by atoms with Gasteiger partial charge in [0.05, 0.1) is 6.10 Å². The second-order valence-corrected chi connectivity index (χ2v) is 10.1. The molecule has 2 fully saturated rings. The summed E-state index contributed by atoms with van der Waals surface area (Å²) in [6.07, 6.45) is -1.01. The van der Waals surface area contributed by atoms with Crippen LogP contribution in [0.3, 0.4) is 0 Å². The molecule has 0 aromatic heterocycles. The Morgan fingerprint density at radius 3 is 2.56 bits per heavy atom. The largest absolute Gasteiger partial charge is 0.406 e. The number of alkyl halides is 3. The van der Waals surface area contributed by atoms with Crippen LogP contribution in [-0.2, 0) is 27.9 Å². The number of aryl methyl sites for hydroxylation is 1. The number of fused-ring (bicyclic) bond motifs is 3. The van der Waals surface area contributed by atoms with Crippen LogP contribution in [0.1, 0.15) is 62.6 Å². The maximum atomic E-state index is 13.8. The van der Waals surface area contributed by atoms with Crippen LogP contribution < -0.4 is 5.32 Å². The Hall–Kier alpha value is -1.64. The summed E-state index contributed by atoms with van der Waals surface area (Å²) in [6, 6.07) is 6.08. The number of rotatable bonds is 5. The molecule has 32 heavy (non-hydrogen) atoms. The first-order valence-corrected chi connectivity index (χ1v) is 11.5. The molecule has 2 atom stereocenters. The molecule has 0 radical (unpaired) electrons. The van der Waals surface area contributed by atoms with E-state index in [0.29, 0.717) is 30.1 Å². The van der Waals surface area contributed by atoms with Crippen LogP contribution in [-0.4, -0.2) is 48.2 Å². The summed E-state index contributed by atoms with van der Waals surface area (Å²) in [5, 5.41) is 13.6. The highest BCUT2D eigenvalue weighted by Crippen LogP contribution is 2.60. The van der Waals surface area contributed by atoms with Gasteiger partial charge in [0.1, 0.15) is 12.1 Å². The molecule has 178 valence electrons. The molecule has 4 rings (SSSR count). The minimum atomic E-state index is -4.59.